The molecule has 1 saturated heterocycles. The van der Waals surface area contributed by atoms with Gasteiger partial charge in [0, 0.05) is 30.3 Å². The third-order valence-corrected chi connectivity index (χ3v) is 7.73. The number of ether oxygens (including phenoxy) is 2. The molecule has 10 heteroatoms. The van der Waals surface area contributed by atoms with E-state index in [0.717, 1.165) is 56.8 Å². The van der Waals surface area contributed by atoms with Crippen molar-refractivity contribution >= 4 is 17.6 Å². The molecule has 0 spiro atoms. The number of nitrogens with two attached hydrogens (primary N) is 3. The monoisotopic (exact) mass is 565 g/mol. The lowest BCUT2D eigenvalue weighted by Gasteiger charge is -2.23. The van der Waals surface area contributed by atoms with Gasteiger partial charge in [-0.05, 0) is 101 Å². The minimum atomic E-state index is -0.0848. The van der Waals surface area contributed by atoms with E-state index in [1.807, 2.05) is 24.3 Å². The summed E-state index contributed by atoms with van der Waals surface area (Å²) in [6.07, 6.45) is 7.72. The van der Waals surface area contributed by atoms with E-state index in [-0.39, 0.29) is 17.3 Å². The van der Waals surface area contributed by atoms with Crippen LogP contribution in [0.25, 0.3) is 0 Å². The first-order chi connectivity index (χ1) is 19.9. The lowest BCUT2D eigenvalue weighted by Crippen LogP contribution is -2.37. The van der Waals surface area contributed by atoms with Crippen molar-refractivity contribution in [2.75, 3.05) is 58.2 Å². The SMILES string of the molecule is NC(N)=NCc1ccc(OCCCNCCCCOc2cc(N)ccc2C(=O)NCC2(CN3CCCC3)CC2)cc1. The molecule has 224 valence electrons. The molecular formula is C31H47N7O3. The number of aliphatic imine (C=N–C) groups is 1. The normalized spacial score (nSPS) is 15.8. The van der Waals surface area contributed by atoms with E-state index in [2.05, 4.69) is 20.5 Å². The van der Waals surface area contributed by atoms with E-state index in [1.54, 1.807) is 18.2 Å². The molecule has 0 unspecified atom stereocenters. The Kier molecular flexibility index (Phi) is 11.5. The lowest BCUT2D eigenvalue weighted by molar-refractivity contribution is 0.0936. The van der Waals surface area contributed by atoms with Crippen LogP contribution in [0.2, 0.25) is 0 Å². The van der Waals surface area contributed by atoms with Crippen LogP contribution in [0.1, 0.15) is 60.9 Å². The predicted molar refractivity (Wildman–Crippen MR) is 164 cm³/mol. The van der Waals surface area contributed by atoms with Crippen LogP contribution < -0.4 is 37.3 Å². The number of hydrogen-bond acceptors (Lipinski definition) is 7. The fraction of sp³-hybridized carbons (Fsp3) is 0.548. The predicted octanol–water partition coefficient (Wildman–Crippen LogP) is 2.87. The molecule has 0 bridgehead atoms. The summed E-state index contributed by atoms with van der Waals surface area (Å²) in [6.45, 7) is 7.60. The molecule has 41 heavy (non-hydrogen) atoms. The molecule has 4 rings (SSSR count). The first kappa shape index (κ1) is 30.5. The van der Waals surface area contributed by atoms with Crippen molar-refractivity contribution in [2.45, 2.75) is 51.5 Å². The summed E-state index contributed by atoms with van der Waals surface area (Å²) in [4.78, 5) is 19.6. The van der Waals surface area contributed by atoms with Crippen LogP contribution in [-0.4, -0.2) is 69.2 Å². The summed E-state index contributed by atoms with van der Waals surface area (Å²) >= 11 is 0. The highest BCUT2D eigenvalue weighted by Gasteiger charge is 2.44. The molecule has 2 aromatic rings. The number of rotatable bonds is 18. The van der Waals surface area contributed by atoms with Crippen molar-refractivity contribution in [3.63, 3.8) is 0 Å². The van der Waals surface area contributed by atoms with Crippen molar-refractivity contribution in [1.29, 1.82) is 0 Å². The van der Waals surface area contributed by atoms with Crippen molar-refractivity contribution in [1.82, 2.24) is 15.5 Å². The maximum Gasteiger partial charge on any atom is 0.255 e. The average Bonchev–Trinajstić information content (AvgIpc) is 3.53. The highest BCUT2D eigenvalue weighted by molar-refractivity contribution is 5.97. The van der Waals surface area contributed by atoms with Crippen LogP contribution >= 0.6 is 0 Å². The minimum absolute atomic E-state index is 0.0848. The van der Waals surface area contributed by atoms with Gasteiger partial charge < -0.3 is 42.2 Å². The molecule has 0 atom stereocenters. The zero-order chi connectivity index (χ0) is 28.9. The molecule has 2 aromatic carbocycles. The minimum Gasteiger partial charge on any atom is -0.494 e. The van der Waals surface area contributed by atoms with E-state index in [9.17, 15) is 4.79 Å². The van der Waals surface area contributed by atoms with E-state index in [1.165, 1.54) is 38.8 Å². The van der Waals surface area contributed by atoms with Crippen molar-refractivity contribution < 1.29 is 14.3 Å². The number of benzene rings is 2. The van der Waals surface area contributed by atoms with Gasteiger partial charge in [0.15, 0.2) is 5.96 Å². The smallest absolute Gasteiger partial charge is 0.255 e. The summed E-state index contributed by atoms with van der Waals surface area (Å²) < 4.78 is 11.8. The Morgan fingerprint density at radius 2 is 1.68 bits per heavy atom. The van der Waals surface area contributed by atoms with Crippen LogP contribution in [0.5, 0.6) is 11.5 Å². The third kappa shape index (κ3) is 10.4. The molecule has 1 aliphatic carbocycles. The van der Waals surface area contributed by atoms with E-state index in [0.29, 0.717) is 36.8 Å². The van der Waals surface area contributed by atoms with E-state index in [4.69, 9.17) is 26.7 Å². The number of hydrogen-bond donors (Lipinski definition) is 5. The number of amides is 1. The number of nitrogen functional groups attached to an aromatic ring is 1. The maximum absolute atomic E-state index is 13.0. The molecule has 1 amide bonds. The number of carbonyl (C=O) groups excluding carboxylic acids is 1. The molecule has 1 heterocycles. The summed E-state index contributed by atoms with van der Waals surface area (Å²) in [5.74, 6) is 1.39. The van der Waals surface area contributed by atoms with E-state index < -0.39 is 0 Å². The first-order valence-corrected chi connectivity index (χ1v) is 14.9. The van der Waals surface area contributed by atoms with E-state index >= 15 is 0 Å². The number of likely N-dealkylation sites (tertiary alicyclic amines) is 1. The van der Waals surface area contributed by atoms with Gasteiger partial charge in [-0.3, -0.25) is 4.79 Å². The molecule has 0 radical (unpaired) electrons. The largest absolute Gasteiger partial charge is 0.494 e. The fourth-order valence-electron chi connectivity index (χ4n) is 5.11. The van der Waals surface area contributed by atoms with Gasteiger partial charge in [-0.15, -0.1) is 0 Å². The molecule has 2 fully saturated rings. The second-order valence-corrected chi connectivity index (χ2v) is 11.3. The highest BCUT2D eigenvalue weighted by atomic mass is 16.5. The fourth-order valence-corrected chi connectivity index (χ4v) is 5.11. The van der Waals surface area contributed by atoms with Gasteiger partial charge in [-0.2, -0.15) is 0 Å². The van der Waals surface area contributed by atoms with Crippen molar-refractivity contribution in [3.8, 4) is 11.5 Å². The molecule has 0 aromatic heterocycles. The Balaban J connectivity index is 1.07. The Labute approximate surface area is 244 Å². The highest BCUT2D eigenvalue weighted by Crippen LogP contribution is 2.46. The van der Waals surface area contributed by atoms with Crippen LogP contribution in [0.15, 0.2) is 47.5 Å². The van der Waals surface area contributed by atoms with Crippen LogP contribution in [-0.2, 0) is 6.54 Å². The first-order valence-electron chi connectivity index (χ1n) is 14.9. The average molecular weight is 566 g/mol. The molecule has 10 nitrogen and oxygen atoms in total. The van der Waals surface area contributed by atoms with Gasteiger partial charge >= 0.3 is 0 Å². The number of nitrogens with one attached hydrogen (secondary N) is 2. The summed E-state index contributed by atoms with van der Waals surface area (Å²) in [6, 6.07) is 13.1. The summed E-state index contributed by atoms with van der Waals surface area (Å²) in [7, 11) is 0. The Hall–Kier alpha value is -3.50. The summed E-state index contributed by atoms with van der Waals surface area (Å²) in [5.41, 5.74) is 19.2. The van der Waals surface area contributed by atoms with Gasteiger partial charge in [-0.1, -0.05) is 12.1 Å². The standard InChI is InChI=1S/C31H47N7O3/c32-25-8-11-27(29(39)37-22-31(12-13-31)23-38-16-2-3-17-38)28(20-25)41-18-4-1-14-35-15-5-19-40-26-9-6-24(7-10-26)21-36-30(33)34/h6-11,20,35H,1-5,12-19,21-23,32H2,(H,37,39)(H4,33,34,36). The van der Waals surface area contributed by atoms with Crippen molar-refractivity contribution in [2.24, 2.45) is 21.9 Å². The Morgan fingerprint density at radius 1 is 0.951 bits per heavy atom. The number of anilines is 1. The van der Waals surface area contributed by atoms with Crippen LogP contribution in [0.4, 0.5) is 5.69 Å². The van der Waals surface area contributed by atoms with Gasteiger partial charge in [0.05, 0.1) is 25.3 Å². The number of carbonyl (C=O) groups is 1. The number of nitrogens with zero attached hydrogens (tertiary/aromatic N) is 2. The lowest BCUT2D eigenvalue weighted by atomic mass is 10.1. The van der Waals surface area contributed by atoms with Gasteiger partial charge in [0.2, 0.25) is 0 Å². The molecule has 2 aliphatic rings. The van der Waals surface area contributed by atoms with Crippen LogP contribution in [0, 0.1) is 5.41 Å². The quantitative estimate of drug-likeness (QED) is 0.0800. The second kappa shape index (κ2) is 15.5. The topological polar surface area (TPSA) is 153 Å². The zero-order valence-corrected chi connectivity index (χ0v) is 24.2. The van der Waals surface area contributed by atoms with Crippen LogP contribution in [0.3, 0.4) is 0 Å². The number of guanidine groups is 1. The zero-order valence-electron chi connectivity index (χ0n) is 24.2. The Morgan fingerprint density at radius 3 is 2.41 bits per heavy atom. The van der Waals surface area contributed by atoms with Gasteiger partial charge in [-0.25, -0.2) is 4.99 Å². The molecule has 8 N–H and O–H groups in total. The Bertz CT molecular complexity index is 1130. The maximum atomic E-state index is 13.0. The van der Waals surface area contributed by atoms with Crippen molar-refractivity contribution in [3.05, 3.63) is 53.6 Å². The van der Waals surface area contributed by atoms with Gasteiger partial charge in [0.1, 0.15) is 11.5 Å². The molecular weight excluding hydrogens is 518 g/mol. The molecule has 1 saturated carbocycles. The second-order valence-electron chi connectivity index (χ2n) is 11.3. The summed E-state index contributed by atoms with van der Waals surface area (Å²) in [5, 5.41) is 6.62. The van der Waals surface area contributed by atoms with Gasteiger partial charge in [0.25, 0.3) is 5.91 Å². The molecule has 1 aliphatic heterocycles. The number of unbranched alkanes of at least 4 members (excludes halogenated alkanes) is 1. The third-order valence-electron chi connectivity index (χ3n) is 7.73.